The quantitative estimate of drug-likeness (QED) is 0.332. The molecule has 0 unspecified atom stereocenters. The molecule has 2 heterocycles. The number of carbonyl (C=O) groups is 1. The molecule has 5 heteroatoms. The SMILES string of the molecule is CCC(CC)C(=O)Cc1c(-c2ccc(Cl)cc2)nn2c(C)cc(-c3ccccc3)nc12. The number of hydrogen-bond acceptors (Lipinski definition) is 3. The Kier molecular flexibility index (Phi) is 6.19. The number of benzene rings is 2. The third-order valence-corrected chi connectivity index (χ3v) is 6.09. The number of Topliss-reactive ketones (excluding diaryl/α,β-unsaturated/α-hetero) is 1. The van der Waals surface area contributed by atoms with Crippen LogP contribution in [-0.4, -0.2) is 20.4 Å². The second-order valence-electron chi connectivity index (χ2n) is 7.87. The Balaban J connectivity index is 1.92. The molecule has 31 heavy (non-hydrogen) atoms. The molecule has 0 amide bonds. The number of fused-ring (bicyclic) bond motifs is 1. The van der Waals surface area contributed by atoms with E-state index in [2.05, 4.69) is 13.8 Å². The van der Waals surface area contributed by atoms with Gasteiger partial charge >= 0.3 is 0 Å². The third kappa shape index (κ3) is 4.26. The monoisotopic (exact) mass is 431 g/mol. The highest BCUT2D eigenvalue weighted by atomic mass is 35.5. The summed E-state index contributed by atoms with van der Waals surface area (Å²) in [6, 6.07) is 19.7. The Hall–Kier alpha value is -2.98. The van der Waals surface area contributed by atoms with Crippen LogP contribution in [0.25, 0.3) is 28.2 Å². The maximum atomic E-state index is 13.1. The Bertz CT molecular complexity index is 1210. The molecule has 0 bridgehead atoms. The maximum Gasteiger partial charge on any atom is 0.160 e. The van der Waals surface area contributed by atoms with E-state index >= 15 is 0 Å². The number of rotatable bonds is 7. The van der Waals surface area contributed by atoms with Crippen LogP contribution in [0.3, 0.4) is 0 Å². The number of aromatic nitrogens is 3. The van der Waals surface area contributed by atoms with Gasteiger partial charge in [-0.25, -0.2) is 9.50 Å². The van der Waals surface area contributed by atoms with Crippen LogP contribution in [0.5, 0.6) is 0 Å². The zero-order valence-corrected chi connectivity index (χ0v) is 18.9. The number of halogens is 1. The van der Waals surface area contributed by atoms with Gasteiger partial charge in [0.25, 0.3) is 0 Å². The van der Waals surface area contributed by atoms with Crippen molar-refractivity contribution in [3.05, 3.63) is 76.9 Å². The average Bonchev–Trinajstić information content (AvgIpc) is 3.14. The van der Waals surface area contributed by atoms with E-state index in [1.165, 1.54) is 0 Å². The molecule has 0 fully saturated rings. The van der Waals surface area contributed by atoms with Crippen LogP contribution in [0.15, 0.2) is 60.7 Å². The number of nitrogens with zero attached hydrogens (tertiary/aromatic N) is 3. The Morgan fingerprint density at radius 3 is 2.32 bits per heavy atom. The van der Waals surface area contributed by atoms with E-state index in [4.69, 9.17) is 21.7 Å². The number of hydrogen-bond donors (Lipinski definition) is 0. The molecule has 0 spiro atoms. The van der Waals surface area contributed by atoms with Crippen molar-refractivity contribution in [3.8, 4) is 22.5 Å². The Labute approximate surface area is 187 Å². The summed E-state index contributed by atoms with van der Waals surface area (Å²) in [5.74, 6) is 0.283. The molecule has 2 aromatic heterocycles. The Morgan fingerprint density at radius 2 is 1.68 bits per heavy atom. The minimum atomic E-state index is 0.0476. The topological polar surface area (TPSA) is 47.3 Å². The van der Waals surface area contributed by atoms with Crippen LogP contribution in [0.1, 0.15) is 37.9 Å². The first-order valence-electron chi connectivity index (χ1n) is 10.7. The van der Waals surface area contributed by atoms with Gasteiger partial charge in [0.2, 0.25) is 0 Å². The molecule has 4 rings (SSSR count). The predicted octanol–water partition coefficient (Wildman–Crippen LogP) is 6.57. The molecule has 4 aromatic rings. The van der Waals surface area contributed by atoms with Crippen LogP contribution in [0.2, 0.25) is 5.02 Å². The Morgan fingerprint density at radius 1 is 1.00 bits per heavy atom. The van der Waals surface area contributed by atoms with E-state index in [-0.39, 0.29) is 11.7 Å². The van der Waals surface area contributed by atoms with E-state index in [0.717, 1.165) is 52.3 Å². The summed E-state index contributed by atoms with van der Waals surface area (Å²) < 4.78 is 1.85. The lowest BCUT2D eigenvalue weighted by Gasteiger charge is -2.11. The van der Waals surface area contributed by atoms with Gasteiger partial charge in [0, 0.05) is 39.7 Å². The summed E-state index contributed by atoms with van der Waals surface area (Å²) in [4.78, 5) is 18.1. The van der Waals surface area contributed by atoms with Crippen LogP contribution in [0.4, 0.5) is 0 Å². The van der Waals surface area contributed by atoms with Gasteiger partial charge in [-0.3, -0.25) is 4.79 Å². The smallest absolute Gasteiger partial charge is 0.160 e. The molecule has 0 aliphatic heterocycles. The molecular weight excluding hydrogens is 406 g/mol. The maximum absolute atomic E-state index is 13.1. The fourth-order valence-electron chi connectivity index (χ4n) is 4.03. The van der Waals surface area contributed by atoms with Gasteiger partial charge in [0.05, 0.1) is 11.4 Å². The van der Waals surface area contributed by atoms with Crippen LogP contribution < -0.4 is 0 Å². The van der Waals surface area contributed by atoms with E-state index < -0.39 is 0 Å². The first kappa shape index (κ1) is 21.3. The summed E-state index contributed by atoms with van der Waals surface area (Å²) in [7, 11) is 0. The van der Waals surface area contributed by atoms with Crippen molar-refractivity contribution in [2.75, 3.05) is 0 Å². The van der Waals surface area contributed by atoms with Crippen LogP contribution in [-0.2, 0) is 11.2 Å². The minimum absolute atomic E-state index is 0.0476. The predicted molar refractivity (Wildman–Crippen MR) is 126 cm³/mol. The molecule has 0 saturated heterocycles. The van der Waals surface area contributed by atoms with E-state index in [0.29, 0.717) is 11.4 Å². The zero-order valence-electron chi connectivity index (χ0n) is 18.1. The largest absolute Gasteiger partial charge is 0.299 e. The number of aryl methyl sites for hydroxylation is 1. The first-order chi connectivity index (χ1) is 15.0. The summed E-state index contributed by atoms with van der Waals surface area (Å²) in [6.07, 6.45) is 2.00. The molecule has 0 radical (unpaired) electrons. The van der Waals surface area contributed by atoms with E-state index in [1.807, 2.05) is 72.1 Å². The molecule has 0 aliphatic carbocycles. The van der Waals surface area contributed by atoms with Gasteiger partial charge < -0.3 is 0 Å². The van der Waals surface area contributed by atoms with Crippen molar-refractivity contribution in [1.29, 1.82) is 0 Å². The van der Waals surface area contributed by atoms with E-state index in [9.17, 15) is 4.79 Å². The third-order valence-electron chi connectivity index (χ3n) is 5.84. The number of ketones is 1. The molecule has 0 saturated carbocycles. The van der Waals surface area contributed by atoms with Crippen LogP contribution in [0, 0.1) is 12.8 Å². The summed E-state index contributed by atoms with van der Waals surface area (Å²) in [5.41, 5.74) is 6.23. The van der Waals surface area contributed by atoms with Crippen molar-refractivity contribution in [2.24, 2.45) is 5.92 Å². The van der Waals surface area contributed by atoms with Crippen molar-refractivity contribution >= 4 is 23.0 Å². The number of carbonyl (C=O) groups excluding carboxylic acids is 1. The van der Waals surface area contributed by atoms with Gasteiger partial charge in [-0.15, -0.1) is 0 Å². The first-order valence-corrected chi connectivity index (χ1v) is 11.1. The van der Waals surface area contributed by atoms with Crippen molar-refractivity contribution in [2.45, 2.75) is 40.0 Å². The fraction of sp³-hybridized carbons (Fsp3) is 0.269. The van der Waals surface area contributed by atoms with Crippen molar-refractivity contribution in [1.82, 2.24) is 14.6 Å². The lowest BCUT2D eigenvalue weighted by Crippen LogP contribution is -2.15. The second kappa shape index (κ2) is 9.03. The molecule has 4 nitrogen and oxygen atoms in total. The standard InChI is InChI=1S/C26H26ClN3O/c1-4-18(5-2)24(31)16-22-25(20-11-13-21(27)14-12-20)29-30-17(3)15-23(28-26(22)30)19-9-7-6-8-10-19/h6-15,18H,4-5,16H2,1-3H3. The fourth-order valence-corrected chi connectivity index (χ4v) is 4.16. The molecular formula is C26H26ClN3O. The molecule has 0 aliphatic rings. The minimum Gasteiger partial charge on any atom is -0.299 e. The highest BCUT2D eigenvalue weighted by Crippen LogP contribution is 2.30. The van der Waals surface area contributed by atoms with Gasteiger partial charge in [0.15, 0.2) is 5.65 Å². The molecule has 158 valence electrons. The second-order valence-corrected chi connectivity index (χ2v) is 8.31. The average molecular weight is 432 g/mol. The van der Waals surface area contributed by atoms with Crippen molar-refractivity contribution < 1.29 is 4.79 Å². The highest BCUT2D eigenvalue weighted by Gasteiger charge is 2.23. The molecule has 2 aromatic carbocycles. The van der Waals surface area contributed by atoms with Gasteiger partial charge in [0.1, 0.15) is 5.78 Å². The van der Waals surface area contributed by atoms with Crippen LogP contribution >= 0.6 is 11.6 Å². The van der Waals surface area contributed by atoms with Gasteiger partial charge in [-0.2, -0.15) is 5.10 Å². The van der Waals surface area contributed by atoms with Gasteiger partial charge in [-0.1, -0.05) is 67.9 Å². The lowest BCUT2D eigenvalue weighted by atomic mass is 9.92. The summed E-state index contributed by atoms with van der Waals surface area (Å²) in [5, 5.41) is 5.54. The van der Waals surface area contributed by atoms with Gasteiger partial charge in [-0.05, 0) is 38.0 Å². The normalized spacial score (nSPS) is 11.4. The lowest BCUT2D eigenvalue weighted by molar-refractivity contribution is -0.122. The molecule has 0 atom stereocenters. The van der Waals surface area contributed by atoms with E-state index in [1.54, 1.807) is 0 Å². The highest BCUT2D eigenvalue weighted by molar-refractivity contribution is 6.30. The summed E-state index contributed by atoms with van der Waals surface area (Å²) >= 11 is 6.10. The van der Waals surface area contributed by atoms with Crippen molar-refractivity contribution in [3.63, 3.8) is 0 Å². The summed E-state index contributed by atoms with van der Waals surface area (Å²) in [6.45, 7) is 6.16. The zero-order chi connectivity index (χ0) is 22.0. The molecule has 0 N–H and O–H groups in total.